The van der Waals surface area contributed by atoms with Crippen molar-refractivity contribution in [3.8, 4) is 5.75 Å². The minimum absolute atomic E-state index is 0.0744. The Bertz CT molecular complexity index is 1400. The number of pyridine rings is 2. The Morgan fingerprint density at radius 2 is 1.82 bits per heavy atom. The number of fused-ring (bicyclic) bond motifs is 2. The highest BCUT2D eigenvalue weighted by Crippen LogP contribution is 2.58. The average Bonchev–Trinajstić information content (AvgIpc) is 3.49. The molecule has 5 heterocycles. The van der Waals surface area contributed by atoms with Gasteiger partial charge in [0.2, 0.25) is 0 Å². The van der Waals surface area contributed by atoms with E-state index in [-0.39, 0.29) is 28.1 Å². The number of aliphatic carboxylic acids is 1. The second-order valence-corrected chi connectivity index (χ2v) is 9.20. The Balaban J connectivity index is 0.000000448. The van der Waals surface area contributed by atoms with Crippen LogP contribution in [0.15, 0.2) is 36.7 Å². The number of carbonyl (C=O) groups is 2. The summed E-state index contributed by atoms with van der Waals surface area (Å²) in [6.45, 7) is -0.575. The van der Waals surface area contributed by atoms with E-state index < -0.39 is 36.8 Å². The average molecular weight is 564 g/mol. The molecule has 0 unspecified atom stereocenters. The van der Waals surface area contributed by atoms with Gasteiger partial charge in [-0.15, -0.1) is 0 Å². The zero-order valence-electron chi connectivity index (χ0n) is 19.8. The van der Waals surface area contributed by atoms with Crippen molar-refractivity contribution < 1.29 is 54.9 Å². The van der Waals surface area contributed by atoms with Gasteiger partial charge in [0.25, 0.3) is 12.3 Å². The molecule has 2 N–H and O–H groups in total. The zero-order chi connectivity index (χ0) is 28.8. The van der Waals surface area contributed by atoms with Crippen molar-refractivity contribution in [1.29, 1.82) is 0 Å². The quantitative estimate of drug-likeness (QED) is 0.406. The molecule has 2 aliphatic heterocycles. The first-order valence-electron chi connectivity index (χ1n) is 11.1. The maximum Gasteiger partial charge on any atom is 0.490 e. The molecule has 39 heavy (non-hydrogen) atoms. The van der Waals surface area contributed by atoms with Gasteiger partial charge in [-0.3, -0.25) is 4.79 Å². The number of imidazole rings is 1. The molecule has 6 rings (SSSR count). The summed E-state index contributed by atoms with van der Waals surface area (Å²) in [4.78, 5) is 29.6. The number of rotatable bonds is 6. The lowest BCUT2D eigenvalue weighted by Crippen LogP contribution is -2.45. The smallest absolute Gasteiger partial charge is 0.475 e. The Hall–Kier alpha value is -3.95. The summed E-state index contributed by atoms with van der Waals surface area (Å²) in [5, 5.41) is 9.54. The molecule has 0 aromatic carbocycles. The fourth-order valence-corrected chi connectivity index (χ4v) is 4.60. The lowest BCUT2D eigenvalue weighted by atomic mass is 9.62. The molecule has 16 heteroatoms. The predicted molar refractivity (Wildman–Crippen MR) is 118 cm³/mol. The van der Waals surface area contributed by atoms with Crippen LogP contribution in [-0.2, 0) is 14.9 Å². The summed E-state index contributed by atoms with van der Waals surface area (Å²) in [7, 11) is 0. The molecule has 2 saturated heterocycles. The molecule has 3 aliphatic rings. The van der Waals surface area contributed by atoms with E-state index in [1.165, 1.54) is 24.4 Å². The van der Waals surface area contributed by atoms with Crippen LogP contribution in [0.3, 0.4) is 0 Å². The molecular weight excluding hydrogens is 545 g/mol. The molecule has 3 fully saturated rings. The summed E-state index contributed by atoms with van der Waals surface area (Å²) in [6.07, 6.45) is -3.14. The van der Waals surface area contributed by atoms with E-state index in [0.717, 1.165) is 24.6 Å². The van der Waals surface area contributed by atoms with E-state index in [9.17, 15) is 35.5 Å². The number of carbonyl (C=O) groups excluding carboxylic acids is 1. The number of alkyl halides is 7. The Morgan fingerprint density at radius 1 is 1.15 bits per heavy atom. The van der Waals surface area contributed by atoms with Crippen LogP contribution in [0.1, 0.15) is 48.1 Å². The molecule has 0 atom stereocenters. The molecule has 210 valence electrons. The van der Waals surface area contributed by atoms with Gasteiger partial charge in [-0.25, -0.2) is 23.5 Å². The van der Waals surface area contributed by atoms with Crippen molar-refractivity contribution >= 4 is 23.2 Å². The van der Waals surface area contributed by atoms with Crippen molar-refractivity contribution in [2.75, 3.05) is 11.9 Å². The number of carboxylic acid groups (broad SMARTS) is 1. The third-order valence-corrected chi connectivity index (χ3v) is 6.15. The second kappa shape index (κ2) is 9.98. The van der Waals surface area contributed by atoms with Crippen LogP contribution in [0.5, 0.6) is 5.75 Å². The highest BCUT2D eigenvalue weighted by Gasteiger charge is 2.61. The predicted octanol–water partition coefficient (Wildman–Crippen LogP) is 4.97. The number of nitrogens with zero attached hydrogens (tertiary/aromatic N) is 3. The lowest BCUT2D eigenvalue weighted by molar-refractivity contribution is -0.192. The highest BCUT2D eigenvalue weighted by molar-refractivity contribution is 6.03. The first-order chi connectivity index (χ1) is 18.1. The van der Waals surface area contributed by atoms with Gasteiger partial charge in [-0.05, 0) is 31.9 Å². The van der Waals surface area contributed by atoms with Gasteiger partial charge in [0.1, 0.15) is 22.7 Å². The molecule has 0 radical (unpaired) electrons. The van der Waals surface area contributed by atoms with E-state index in [2.05, 4.69) is 20.0 Å². The minimum atomic E-state index is -5.08. The molecule has 1 saturated carbocycles. The van der Waals surface area contributed by atoms with Crippen LogP contribution in [-0.4, -0.2) is 56.3 Å². The number of hydrogen-bond donors (Lipinski definition) is 2. The summed E-state index contributed by atoms with van der Waals surface area (Å²) in [5.74, 6) is -3.90. The van der Waals surface area contributed by atoms with Crippen LogP contribution in [0.2, 0.25) is 0 Å². The Kier molecular flexibility index (Phi) is 7.18. The third kappa shape index (κ3) is 5.89. The van der Waals surface area contributed by atoms with E-state index in [1.54, 1.807) is 10.6 Å². The second-order valence-electron chi connectivity index (χ2n) is 9.20. The summed E-state index contributed by atoms with van der Waals surface area (Å²) >= 11 is 0. The summed E-state index contributed by atoms with van der Waals surface area (Å²) in [5.41, 5.74) is -0.164. The zero-order valence-corrected chi connectivity index (χ0v) is 19.8. The summed E-state index contributed by atoms with van der Waals surface area (Å²) < 4.78 is 95.5. The SMILES string of the molecule is CC12CC(c3cn4cc(NC(=O)c5cccc(C(F)F)n5)c(OC(F)F)cc4n3)(CO1)C2.O=C(O)C(F)(F)F. The molecule has 9 nitrogen and oxygen atoms in total. The first kappa shape index (κ1) is 28.1. The Morgan fingerprint density at radius 3 is 2.36 bits per heavy atom. The van der Waals surface area contributed by atoms with Gasteiger partial charge in [0.05, 0.1) is 17.9 Å². The summed E-state index contributed by atoms with van der Waals surface area (Å²) in [6, 6.07) is 4.89. The van der Waals surface area contributed by atoms with Gasteiger partial charge >= 0.3 is 18.8 Å². The molecule has 3 aromatic rings. The first-order valence-corrected chi connectivity index (χ1v) is 11.1. The van der Waals surface area contributed by atoms with Crippen LogP contribution >= 0.6 is 0 Å². The number of amides is 1. The topological polar surface area (TPSA) is 115 Å². The number of carboxylic acids is 1. The van der Waals surface area contributed by atoms with Gasteiger partial charge in [0.15, 0.2) is 5.75 Å². The molecule has 3 aromatic heterocycles. The molecule has 1 amide bonds. The van der Waals surface area contributed by atoms with Gasteiger partial charge < -0.3 is 24.3 Å². The number of anilines is 1. The number of hydrogen-bond acceptors (Lipinski definition) is 6. The highest BCUT2D eigenvalue weighted by atomic mass is 19.4. The van der Waals surface area contributed by atoms with E-state index in [4.69, 9.17) is 14.6 Å². The number of ether oxygens (including phenoxy) is 2. The lowest BCUT2D eigenvalue weighted by Gasteiger charge is -2.41. The molecule has 2 bridgehead atoms. The van der Waals surface area contributed by atoms with E-state index >= 15 is 0 Å². The minimum Gasteiger partial charge on any atom is -0.475 e. The molecular formula is C23H19F7N4O5. The normalized spacial score (nSPS) is 21.9. The number of halogens is 7. The van der Waals surface area contributed by atoms with Crippen molar-refractivity contribution in [3.63, 3.8) is 0 Å². The fraction of sp³-hybridized carbons (Fsp3) is 0.391. The molecule has 0 spiro atoms. The monoisotopic (exact) mass is 564 g/mol. The van der Waals surface area contributed by atoms with Crippen LogP contribution < -0.4 is 10.1 Å². The van der Waals surface area contributed by atoms with Crippen molar-refractivity contribution in [2.24, 2.45) is 0 Å². The van der Waals surface area contributed by atoms with Crippen molar-refractivity contribution in [1.82, 2.24) is 14.4 Å². The van der Waals surface area contributed by atoms with Crippen LogP contribution in [0, 0.1) is 0 Å². The van der Waals surface area contributed by atoms with E-state index in [1.807, 2.05) is 6.92 Å². The fourth-order valence-electron chi connectivity index (χ4n) is 4.60. The molecule has 1 aliphatic carbocycles. The number of aromatic nitrogens is 3. The van der Waals surface area contributed by atoms with Crippen LogP contribution in [0.4, 0.5) is 36.4 Å². The van der Waals surface area contributed by atoms with Crippen molar-refractivity contribution in [3.05, 3.63) is 53.7 Å². The third-order valence-electron chi connectivity index (χ3n) is 6.15. The Labute approximate surface area is 214 Å². The largest absolute Gasteiger partial charge is 0.490 e. The van der Waals surface area contributed by atoms with Crippen LogP contribution in [0.25, 0.3) is 5.65 Å². The van der Waals surface area contributed by atoms with Gasteiger partial charge in [-0.1, -0.05) is 6.07 Å². The van der Waals surface area contributed by atoms with Gasteiger partial charge in [-0.2, -0.15) is 22.0 Å². The maximum atomic E-state index is 13.0. The van der Waals surface area contributed by atoms with Gasteiger partial charge in [0, 0.05) is 23.9 Å². The number of nitrogens with one attached hydrogen (secondary N) is 1. The standard InChI is InChI=1S/C21H18F4N4O3.C2HF3O2/c1-20-8-21(9-20,10-31-20)15-7-29-6-13(14(32-19(24)25)5-16(29)28-15)27-18(30)12-4-2-3-11(26-12)17(22)23;3-2(4,5)1(6)7/h2-7,17,19H,8-10H2,1H3,(H,27,30);(H,6,7). The van der Waals surface area contributed by atoms with E-state index in [0.29, 0.717) is 12.3 Å². The maximum absolute atomic E-state index is 13.0. The van der Waals surface area contributed by atoms with Crippen molar-refractivity contribution in [2.45, 2.75) is 50.0 Å².